The summed E-state index contributed by atoms with van der Waals surface area (Å²) in [5, 5.41) is 8.40. The number of hydrogen-bond donors (Lipinski definition) is 1. The van der Waals surface area contributed by atoms with E-state index in [0.717, 1.165) is 13.0 Å². The molecule has 0 spiro atoms. The Balaban J connectivity index is 3.02. The molecule has 0 rings (SSSR count). The molecule has 0 atom stereocenters. The molecular weight excluding hydrogens is 492 g/mol. The zero-order chi connectivity index (χ0) is 26.9. The van der Waals surface area contributed by atoms with E-state index in [0.29, 0.717) is 112 Å². The van der Waals surface area contributed by atoms with E-state index in [9.17, 15) is 4.79 Å². The number of carboxylic acid groups (broad SMARTS) is 1. The van der Waals surface area contributed by atoms with Crippen LogP contribution in [-0.2, 0) is 52.2 Å². The Morgan fingerprint density at radius 1 is 0.405 bits per heavy atom. The van der Waals surface area contributed by atoms with Crippen molar-refractivity contribution in [3.05, 3.63) is 0 Å². The first-order valence-corrected chi connectivity index (χ1v) is 13.3. The molecule has 0 unspecified atom stereocenters. The monoisotopic (exact) mass is 542 g/mol. The van der Waals surface area contributed by atoms with Crippen LogP contribution in [0.3, 0.4) is 0 Å². The molecule has 0 radical (unpaired) electrons. The minimum atomic E-state index is -0.992. The van der Waals surface area contributed by atoms with Gasteiger partial charge in [0, 0.05) is 6.61 Å². The first-order valence-electron chi connectivity index (χ1n) is 13.3. The van der Waals surface area contributed by atoms with Crippen LogP contribution < -0.4 is 0 Å². The molecule has 0 heterocycles. The molecule has 0 amide bonds. The Hall–Kier alpha value is -0.930. The Kier molecular flexibility index (Phi) is 32.3. The van der Waals surface area contributed by atoms with Crippen molar-refractivity contribution in [2.75, 3.05) is 132 Å². The van der Waals surface area contributed by atoms with Crippen molar-refractivity contribution in [3.8, 4) is 0 Å². The molecule has 0 aromatic heterocycles. The largest absolute Gasteiger partial charge is 0.480 e. The highest BCUT2D eigenvalue weighted by atomic mass is 16.6. The predicted molar refractivity (Wildman–Crippen MR) is 135 cm³/mol. The molecule has 0 saturated heterocycles. The lowest BCUT2D eigenvalue weighted by molar-refractivity contribution is -0.142. The van der Waals surface area contributed by atoms with E-state index in [1.807, 2.05) is 0 Å². The number of rotatable bonds is 33. The second-order valence-corrected chi connectivity index (χ2v) is 7.66. The van der Waals surface area contributed by atoms with Gasteiger partial charge in [-0.15, -0.1) is 0 Å². The van der Waals surface area contributed by atoms with Crippen LogP contribution in [0, 0.1) is 0 Å². The van der Waals surface area contributed by atoms with E-state index < -0.39 is 5.97 Å². The third-order valence-corrected chi connectivity index (χ3v) is 4.47. The summed E-state index contributed by atoms with van der Waals surface area (Å²) in [6.07, 6.45) is 3.53. The predicted octanol–water partition coefficient (Wildman–Crippen LogP) is 1.43. The molecule has 0 fully saturated rings. The molecule has 1 N–H and O–H groups in total. The molecule has 0 aromatic carbocycles. The molecule has 37 heavy (non-hydrogen) atoms. The van der Waals surface area contributed by atoms with Gasteiger partial charge in [-0.05, 0) is 6.42 Å². The fourth-order valence-electron chi connectivity index (χ4n) is 2.59. The van der Waals surface area contributed by atoms with E-state index in [4.69, 9.17) is 52.5 Å². The number of unbranched alkanes of at least 4 members (excludes halogenated alkanes) is 2. The lowest BCUT2D eigenvalue weighted by Crippen LogP contribution is -2.15. The Bertz CT molecular complexity index is 442. The van der Waals surface area contributed by atoms with Crippen LogP contribution in [0.4, 0.5) is 0 Å². The first kappa shape index (κ1) is 36.1. The van der Waals surface area contributed by atoms with Crippen LogP contribution in [0.15, 0.2) is 0 Å². The normalized spacial score (nSPS) is 11.4. The fourth-order valence-corrected chi connectivity index (χ4v) is 2.59. The highest BCUT2D eigenvalue weighted by Gasteiger charge is 1.97. The molecule has 0 aliphatic carbocycles. The summed E-state index contributed by atoms with van der Waals surface area (Å²) in [4.78, 5) is 10.2. The number of hydrogen-bond acceptors (Lipinski definition) is 11. The van der Waals surface area contributed by atoms with Gasteiger partial charge in [-0.25, -0.2) is 4.79 Å². The first-order chi connectivity index (χ1) is 18.3. The van der Waals surface area contributed by atoms with Crippen LogP contribution in [0.1, 0.15) is 26.2 Å². The average Bonchev–Trinajstić information content (AvgIpc) is 2.89. The second-order valence-electron chi connectivity index (χ2n) is 7.66. The van der Waals surface area contributed by atoms with Crippen molar-refractivity contribution in [1.82, 2.24) is 0 Å². The van der Waals surface area contributed by atoms with Crippen molar-refractivity contribution in [1.29, 1.82) is 0 Å². The number of carboxylic acids is 1. The summed E-state index contributed by atoms with van der Waals surface area (Å²) < 4.78 is 53.5. The minimum Gasteiger partial charge on any atom is -0.480 e. The molecule has 0 saturated carbocycles. The van der Waals surface area contributed by atoms with Gasteiger partial charge in [-0.2, -0.15) is 0 Å². The number of aliphatic carboxylic acids is 1. The van der Waals surface area contributed by atoms with Gasteiger partial charge < -0.3 is 52.5 Å². The van der Waals surface area contributed by atoms with E-state index in [1.165, 1.54) is 12.8 Å². The van der Waals surface area contributed by atoms with Gasteiger partial charge in [0.1, 0.15) is 6.61 Å². The summed E-state index contributed by atoms with van der Waals surface area (Å²) in [6.45, 7) is 11.5. The zero-order valence-corrected chi connectivity index (χ0v) is 22.7. The molecule has 12 heteroatoms. The van der Waals surface area contributed by atoms with E-state index in [2.05, 4.69) is 6.92 Å². The zero-order valence-electron chi connectivity index (χ0n) is 22.7. The molecule has 0 bridgehead atoms. The molecule has 0 aliphatic rings. The maximum Gasteiger partial charge on any atom is 0.329 e. The smallest absolute Gasteiger partial charge is 0.329 e. The fraction of sp³-hybridized carbons (Fsp3) is 0.960. The molecule has 0 aliphatic heterocycles. The maximum atomic E-state index is 10.2. The highest BCUT2D eigenvalue weighted by Crippen LogP contribution is 1.94. The molecule has 0 aromatic rings. The third-order valence-electron chi connectivity index (χ3n) is 4.47. The van der Waals surface area contributed by atoms with E-state index in [1.54, 1.807) is 0 Å². The standard InChI is InChI=1S/C25H50O12/c1-2-3-4-5-28-6-7-29-8-9-30-10-11-31-12-13-32-14-15-33-16-17-34-18-19-35-20-21-36-22-23-37-24-25(26)27/h2-24H2,1H3,(H,26,27). The molecular formula is C25H50O12. The molecule has 222 valence electrons. The van der Waals surface area contributed by atoms with Crippen LogP contribution in [-0.4, -0.2) is 143 Å². The van der Waals surface area contributed by atoms with Gasteiger partial charge in [-0.3, -0.25) is 0 Å². The minimum absolute atomic E-state index is 0.247. The van der Waals surface area contributed by atoms with Crippen molar-refractivity contribution >= 4 is 5.97 Å². The highest BCUT2D eigenvalue weighted by molar-refractivity contribution is 5.67. The van der Waals surface area contributed by atoms with Crippen LogP contribution in [0.2, 0.25) is 0 Å². The quantitative estimate of drug-likeness (QED) is 0.120. The van der Waals surface area contributed by atoms with Crippen LogP contribution in [0.5, 0.6) is 0 Å². The van der Waals surface area contributed by atoms with Crippen molar-refractivity contribution in [2.45, 2.75) is 26.2 Å². The van der Waals surface area contributed by atoms with Crippen molar-refractivity contribution < 1.29 is 57.3 Å². The lowest BCUT2D eigenvalue weighted by Gasteiger charge is -2.09. The van der Waals surface area contributed by atoms with Crippen LogP contribution in [0.25, 0.3) is 0 Å². The number of ether oxygens (including phenoxy) is 10. The topological polar surface area (TPSA) is 130 Å². The second kappa shape index (κ2) is 33.1. The summed E-state index contributed by atoms with van der Waals surface area (Å²) in [7, 11) is 0. The summed E-state index contributed by atoms with van der Waals surface area (Å²) in [6, 6.07) is 0. The summed E-state index contributed by atoms with van der Waals surface area (Å²) in [5.41, 5.74) is 0. The van der Waals surface area contributed by atoms with Gasteiger partial charge in [-0.1, -0.05) is 19.8 Å². The van der Waals surface area contributed by atoms with Gasteiger partial charge in [0.15, 0.2) is 0 Å². The van der Waals surface area contributed by atoms with Crippen molar-refractivity contribution in [2.24, 2.45) is 0 Å². The van der Waals surface area contributed by atoms with E-state index >= 15 is 0 Å². The van der Waals surface area contributed by atoms with Gasteiger partial charge >= 0.3 is 5.97 Å². The van der Waals surface area contributed by atoms with Crippen molar-refractivity contribution in [3.63, 3.8) is 0 Å². The Labute approximate surface area is 222 Å². The third kappa shape index (κ3) is 35.1. The van der Waals surface area contributed by atoms with E-state index in [-0.39, 0.29) is 13.2 Å². The SMILES string of the molecule is CCCCCOCCOCCOCCOCCOCCOCCOCCOCCOCCOCC(=O)O. The van der Waals surface area contributed by atoms with Gasteiger partial charge in [0.05, 0.1) is 119 Å². The van der Waals surface area contributed by atoms with Gasteiger partial charge in [0.2, 0.25) is 0 Å². The summed E-state index contributed by atoms with van der Waals surface area (Å²) >= 11 is 0. The maximum absolute atomic E-state index is 10.2. The molecule has 12 nitrogen and oxygen atoms in total. The van der Waals surface area contributed by atoms with Gasteiger partial charge in [0.25, 0.3) is 0 Å². The number of carbonyl (C=O) groups is 1. The van der Waals surface area contributed by atoms with Crippen LogP contribution >= 0.6 is 0 Å². The lowest BCUT2D eigenvalue weighted by atomic mass is 10.3. The Morgan fingerprint density at radius 2 is 0.649 bits per heavy atom. The summed E-state index contributed by atoms with van der Waals surface area (Å²) in [5.74, 6) is -0.992. The Morgan fingerprint density at radius 3 is 0.892 bits per heavy atom. The average molecular weight is 543 g/mol.